The van der Waals surface area contributed by atoms with Crippen LogP contribution in [-0.4, -0.2) is 37.0 Å². The molecule has 0 saturated carbocycles. The van der Waals surface area contributed by atoms with Gasteiger partial charge in [0.25, 0.3) is 0 Å². The fourth-order valence-electron chi connectivity index (χ4n) is 1.65. The van der Waals surface area contributed by atoms with Crippen LogP contribution in [0.3, 0.4) is 0 Å². The first kappa shape index (κ1) is 14.4. The van der Waals surface area contributed by atoms with E-state index in [-0.39, 0.29) is 11.9 Å². The van der Waals surface area contributed by atoms with Gasteiger partial charge in [-0.3, -0.25) is 4.79 Å². The van der Waals surface area contributed by atoms with Crippen molar-refractivity contribution in [3.8, 4) is 0 Å². The van der Waals surface area contributed by atoms with Crippen LogP contribution in [0.25, 0.3) is 0 Å². The van der Waals surface area contributed by atoms with E-state index < -0.39 is 0 Å². The first-order chi connectivity index (χ1) is 6.90. The molecule has 0 bridgehead atoms. The Morgan fingerprint density at radius 2 is 1.80 bits per heavy atom. The summed E-state index contributed by atoms with van der Waals surface area (Å²) in [5, 5.41) is 3.41. The molecule has 1 amide bonds. The first-order valence-electron chi connectivity index (χ1n) is 5.87. The summed E-state index contributed by atoms with van der Waals surface area (Å²) in [5.41, 5.74) is 0. The maximum Gasteiger partial charge on any atom is 0.239 e. The Hall–Kier alpha value is -0.570. The molecule has 0 aromatic heterocycles. The minimum absolute atomic E-state index is 0.0541. The van der Waals surface area contributed by atoms with Crippen LogP contribution in [0, 0.1) is 5.92 Å². The van der Waals surface area contributed by atoms with E-state index in [0.29, 0.717) is 12.0 Å². The topological polar surface area (TPSA) is 32.3 Å². The fraction of sp³-hybridized carbons (Fsp3) is 0.917. The third-order valence-electron chi connectivity index (χ3n) is 2.56. The van der Waals surface area contributed by atoms with Crippen molar-refractivity contribution in [3.05, 3.63) is 0 Å². The van der Waals surface area contributed by atoms with Crippen LogP contribution in [0.4, 0.5) is 0 Å². The lowest BCUT2D eigenvalue weighted by Gasteiger charge is -2.27. The number of nitrogens with zero attached hydrogens (tertiary/aromatic N) is 1. The zero-order valence-electron chi connectivity index (χ0n) is 11.0. The highest BCUT2D eigenvalue weighted by atomic mass is 16.2. The number of carbonyl (C=O) groups excluding carboxylic acids is 1. The van der Waals surface area contributed by atoms with Gasteiger partial charge in [0.05, 0.1) is 6.04 Å². The molecule has 2 unspecified atom stereocenters. The molecule has 90 valence electrons. The largest absolute Gasteiger partial charge is 0.347 e. The molecule has 0 aromatic rings. The molecule has 0 spiro atoms. The van der Waals surface area contributed by atoms with E-state index in [9.17, 15) is 4.79 Å². The highest BCUT2D eigenvalue weighted by molar-refractivity contribution is 5.81. The summed E-state index contributed by atoms with van der Waals surface area (Å²) < 4.78 is 0. The van der Waals surface area contributed by atoms with E-state index in [1.165, 1.54) is 0 Å². The molecule has 3 heteroatoms. The Morgan fingerprint density at radius 3 is 2.13 bits per heavy atom. The number of hydrogen-bond acceptors (Lipinski definition) is 2. The maximum absolute atomic E-state index is 11.9. The zero-order chi connectivity index (χ0) is 12.0. The van der Waals surface area contributed by atoms with Crippen molar-refractivity contribution in [2.75, 3.05) is 14.1 Å². The Morgan fingerprint density at radius 1 is 1.27 bits per heavy atom. The normalized spacial score (nSPS) is 15.1. The SMILES string of the molecule is CCCC(C)NC(C(=O)N(C)C)C(C)C. The Kier molecular flexibility index (Phi) is 6.57. The summed E-state index contributed by atoms with van der Waals surface area (Å²) in [5.74, 6) is 0.507. The number of amides is 1. The summed E-state index contributed by atoms with van der Waals surface area (Å²) in [6.45, 7) is 8.47. The van der Waals surface area contributed by atoms with Gasteiger partial charge in [-0.1, -0.05) is 27.2 Å². The molecule has 0 aliphatic carbocycles. The molecule has 0 rings (SSSR count). The fourth-order valence-corrected chi connectivity index (χ4v) is 1.65. The maximum atomic E-state index is 11.9. The number of hydrogen-bond donors (Lipinski definition) is 1. The predicted molar refractivity (Wildman–Crippen MR) is 64.8 cm³/mol. The van der Waals surface area contributed by atoms with Crippen molar-refractivity contribution in [2.24, 2.45) is 5.92 Å². The van der Waals surface area contributed by atoms with Crippen molar-refractivity contribution in [3.63, 3.8) is 0 Å². The van der Waals surface area contributed by atoms with Gasteiger partial charge in [-0.25, -0.2) is 0 Å². The van der Waals surface area contributed by atoms with Gasteiger partial charge in [-0.15, -0.1) is 0 Å². The number of likely N-dealkylation sites (N-methyl/N-ethyl adjacent to an activating group) is 1. The Labute approximate surface area is 94.2 Å². The zero-order valence-corrected chi connectivity index (χ0v) is 11.0. The molecular formula is C12H26N2O. The lowest BCUT2D eigenvalue weighted by Crippen LogP contribution is -2.50. The van der Waals surface area contributed by atoms with Gasteiger partial charge in [-0.2, -0.15) is 0 Å². The van der Waals surface area contributed by atoms with Crippen LogP contribution >= 0.6 is 0 Å². The van der Waals surface area contributed by atoms with E-state index >= 15 is 0 Å². The molecule has 2 atom stereocenters. The third kappa shape index (κ3) is 5.17. The molecule has 0 aliphatic rings. The number of carbonyl (C=O) groups is 1. The molecule has 3 nitrogen and oxygen atoms in total. The van der Waals surface area contributed by atoms with Crippen molar-refractivity contribution < 1.29 is 4.79 Å². The molecule has 1 N–H and O–H groups in total. The highest BCUT2D eigenvalue weighted by Gasteiger charge is 2.24. The minimum atomic E-state index is -0.0541. The quantitative estimate of drug-likeness (QED) is 0.732. The summed E-state index contributed by atoms with van der Waals surface area (Å²) >= 11 is 0. The van der Waals surface area contributed by atoms with E-state index in [1.807, 2.05) is 14.1 Å². The van der Waals surface area contributed by atoms with Gasteiger partial charge in [0.2, 0.25) is 5.91 Å². The smallest absolute Gasteiger partial charge is 0.239 e. The van der Waals surface area contributed by atoms with Crippen LogP contribution in [0.2, 0.25) is 0 Å². The van der Waals surface area contributed by atoms with Gasteiger partial charge < -0.3 is 10.2 Å². The van der Waals surface area contributed by atoms with E-state index in [4.69, 9.17) is 0 Å². The van der Waals surface area contributed by atoms with Crippen molar-refractivity contribution in [1.82, 2.24) is 10.2 Å². The standard InChI is InChI=1S/C12H26N2O/c1-7-8-10(4)13-11(9(2)3)12(15)14(5)6/h9-11,13H,7-8H2,1-6H3. The van der Waals surface area contributed by atoms with Gasteiger partial charge in [-0.05, 0) is 19.3 Å². The van der Waals surface area contributed by atoms with Crippen molar-refractivity contribution in [1.29, 1.82) is 0 Å². The predicted octanol–water partition coefficient (Wildman–Crippen LogP) is 1.88. The first-order valence-corrected chi connectivity index (χ1v) is 5.87. The second-order valence-corrected chi connectivity index (χ2v) is 4.81. The van der Waals surface area contributed by atoms with Crippen molar-refractivity contribution >= 4 is 5.91 Å². The van der Waals surface area contributed by atoms with Gasteiger partial charge in [0.15, 0.2) is 0 Å². The highest BCUT2D eigenvalue weighted by Crippen LogP contribution is 2.07. The second kappa shape index (κ2) is 6.83. The minimum Gasteiger partial charge on any atom is -0.347 e. The Bertz CT molecular complexity index is 190. The Balaban J connectivity index is 4.34. The van der Waals surface area contributed by atoms with E-state index in [2.05, 4.69) is 33.0 Å². The van der Waals surface area contributed by atoms with Crippen LogP contribution in [-0.2, 0) is 4.79 Å². The van der Waals surface area contributed by atoms with Crippen LogP contribution < -0.4 is 5.32 Å². The second-order valence-electron chi connectivity index (χ2n) is 4.81. The van der Waals surface area contributed by atoms with Gasteiger partial charge >= 0.3 is 0 Å². The summed E-state index contributed by atoms with van der Waals surface area (Å²) in [7, 11) is 3.62. The summed E-state index contributed by atoms with van der Waals surface area (Å²) in [6, 6.07) is 0.354. The molecule has 0 aliphatic heterocycles. The lowest BCUT2D eigenvalue weighted by atomic mass is 10.0. The molecule has 0 aromatic carbocycles. The van der Waals surface area contributed by atoms with Crippen LogP contribution in [0.5, 0.6) is 0 Å². The molecule has 0 saturated heterocycles. The monoisotopic (exact) mass is 214 g/mol. The third-order valence-corrected chi connectivity index (χ3v) is 2.56. The van der Waals surface area contributed by atoms with Crippen LogP contribution in [0.1, 0.15) is 40.5 Å². The summed E-state index contributed by atoms with van der Waals surface area (Å²) in [6.07, 6.45) is 2.26. The van der Waals surface area contributed by atoms with Gasteiger partial charge in [0, 0.05) is 20.1 Å². The lowest BCUT2D eigenvalue weighted by molar-refractivity contribution is -0.132. The molecular weight excluding hydrogens is 188 g/mol. The van der Waals surface area contributed by atoms with E-state index in [0.717, 1.165) is 12.8 Å². The number of rotatable bonds is 6. The van der Waals surface area contributed by atoms with Gasteiger partial charge in [0.1, 0.15) is 0 Å². The molecule has 0 radical (unpaired) electrons. The average molecular weight is 214 g/mol. The van der Waals surface area contributed by atoms with E-state index in [1.54, 1.807) is 4.90 Å². The number of nitrogens with one attached hydrogen (secondary N) is 1. The average Bonchev–Trinajstić information content (AvgIpc) is 2.13. The van der Waals surface area contributed by atoms with Crippen molar-refractivity contribution in [2.45, 2.75) is 52.6 Å². The summed E-state index contributed by atoms with van der Waals surface area (Å²) in [4.78, 5) is 13.6. The molecule has 15 heavy (non-hydrogen) atoms. The molecule has 0 heterocycles. The molecule has 0 fully saturated rings. The van der Waals surface area contributed by atoms with Crippen LogP contribution in [0.15, 0.2) is 0 Å².